The summed E-state index contributed by atoms with van der Waals surface area (Å²) in [5.74, 6) is -0.404. The Morgan fingerprint density at radius 1 is 1.88 bits per heavy atom. The molecule has 0 aliphatic heterocycles. The van der Waals surface area contributed by atoms with Crippen LogP contribution in [-0.4, -0.2) is 0 Å². The van der Waals surface area contributed by atoms with Gasteiger partial charge in [-0.2, -0.15) is 0 Å². The molecule has 0 unspecified atom stereocenters. The molecule has 0 aromatic rings. The predicted octanol–water partition coefficient (Wildman–Crippen LogP) is 3.16. The summed E-state index contributed by atoms with van der Waals surface area (Å²) in [7, 11) is 0. The van der Waals surface area contributed by atoms with E-state index < -0.39 is 5.83 Å². The predicted molar refractivity (Wildman–Crippen MR) is 37.5 cm³/mol. The van der Waals surface area contributed by atoms with Gasteiger partial charge in [-0.15, -0.1) is 0 Å². The molecule has 0 spiro atoms. The molecule has 0 aliphatic rings. The summed E-state index contributed by atoms with van der Waals surface area (Å²) in [6.07, 6.45) is 2.17. The lowest BCUT2D eigenvalue weighted by Gasteiger charge is -1.86. The third kappa shape index (κ3) is 4.06. The minimum absolute atomic E-state index is 0.404. The van der Waals surface area contributed by atoms with Crippen LogP contribution in [0.1, 0.15) is 13.3 Å². The zero-order chi connectivity index (χ0) is 6.57. The highest BCUT2D eigenvalue weighted by atomic mass is 79.9. The van der Waals surface area contributed by atoms with E-state index in [0.29, 0.717) is 0 Å². The van der Waals surface area contributed by atoms with Crippen LogP contribution in [0.15, 0.2) is 23.0 Å². The SMILES string of the molecule is C=C(F)/C=C(/Br)CC. The Morgan fingerprint density at radius 3 is 2.50 bits per heavy atom. The average Bonchev–Trinajstić information content (AvgIpc) is 1.65. The minimum atomic E-state index is -0.404. The Hall–Kier alpha value is -0.110. The van der Waals surface area contributed by atoms with Crippen molar-refractivity contribution in [3.8, 4) is 0 Å². The molecule has 0 saturated carbocycles. The topological polar surface area (TPSA) is 0 Å². The fourth-order valence-electron chi connectivity index (χ4n) is 0.272. The lowest BCUT2D eigenvalue weighted by Crippen LogP contribution is -1.65. The maximum atomic E-state index is 11.8. The van der Waals surface area contributed by atoms with Crippen LogP contribution in [-0.2, 0) is 0 Å². The first kappa shape index (κ1) is 7.89. The van der Waals surface area contributed by atoms with Crippen LogP contribution in [0.3, 0.4) is 0 Å². The van der Waals surface area contributed by atoms with Gasteiger partial charge in [0.1, 0.15) is 5.83 Å². The molecule has 0 saturated heterocycles. The summed E-state index contributed by atoms with van der Waals surface area (Å²) >= 11 is 3.14. The Kier molecular flexibility index (Phi) is 3.79. The first-order chi connectivity index (χ1) is 3.66. The summed E-state index contributed by atoms with van der Waals surface area (Å²) in [5.41, 5.74) is 0. The van der Waals surface area contributed by atoms with E-state index in [2.05, 4.69) is 22.5 Å². The van der Waals surface area contributed by atoms with E-state index in [1.165, 1.54) is 6.08 Å². The lowest BCUT2D eigenvalue weighted by molar-refractivity contribution is 0.670. The first-order valence-corrected chi connectivity index (χ1v) is 3.16. The van der Waals surface area contributed by atoms with Gasteiger partial charge >= 0.3 is 0 Å². The van der Waals surface area contributed by atoms with E-state index in [0.717, 1.165) is 10.9 Å². The lowest BCUT2D eigenvalue weighted by atomic mass is 10.4. The number of hydrogen-bond acceptors (Lipinski definition) is 0. The molecule has 0 bridgehead atoms. The summed E-state index contributed by atoms with van der Waals surface area (Å²) in [6.45, 7) is 5.00. The van der Waals surface area contributed by atoms with Crippen LogP contribution in [0.4, 0.5) is 4.39 Å². The molecule has 0 fully saturated rings. The second kappa shape index (κ2) is 3.84. The second-order valence-electron chi connectivity index (χ2n) is 1.39. The van der Waals surface area contributed by atoms with Crippen LogP contribution in [0.2, 0.25) is 0 Å². The zero-order valence-electron chi connectivity index (χ0n) is 4.75. The molecule has 0 aliphatic carbocycles. The van der Waals surface area contributed by atoms with Gasteiger partial charge in [-0.25, -0.2) is 4.39 Å². The molecule has 0 nitrogen and oxygen atoms in total. The van der Waals surface area contributed by atoms with Crippen LogP contribution >= 0.6 is 15.9 Å². The first-order valence-electron chi connectivity index (χ1n) is 2.37. The number of halogens is 2. The van der Waals surface area contributed by atoms with Crippen molar-refractivity contribution in [1.82, 2.24) is 0 Å². The van der Waals surface area contributed by atoms with E-state index in [-0.39, 0.29) is 0 Å². The van der Waals surface area contributed by atoms with Crippen molar-refractivity contribution in [2.24, 2.45) is 0 Å². The van der Waals surface area contributed by atoms with Crippen LogP contribution in [0.5, 0.6) is 0 Å². The molecule has 46 valence electrons. The fourth-order valence-corrected chi connectivity index (χ4v) is 0.520. The summed E-state index contributed by atoms with van der Waals surface area (Å²) in [5, 5.41) is 0. The largest absolute Gasteiger partial charge is 0.208 e. The highest BCUT2D eigenvalue weighted by Crippen LogP contribution is 2.11. The van der Waals surface area contributed by atoms with Crippen molar-refractivity contribution < 1.29 is 4.39 Å². The molecular formula is C6H8BrF. The Morgan fingerprint density at radius 2 is 2.38 bits per heavy atom. The Labute approximate surface area is 57.2 Å². The van der Waals surface area contributed by atoms with Gasteiger partial charge in [-0.3, -0.25) is 0 Å². The monoisotopic (exact) mass is 178 g/mol. The van der Waals surface area contributed by atoms with Crippen LogP contribution < -0.4 is 0 Å². The van der Waals surface area contributed by atoms with Gasteiger partial charge in [-0.1, -0.05) is 29.4 Å². The minimum Gasteiger partial charge on any atom is -0.208 e. The molecule has 0 N–H and O–H groups in total. The van der Waals surface area contributed by atoms with Gasteiger partial charge in [0, 0.05) is 0 Å². The Balaban J connectivity index is 3.75. The standard InChI is InChI=1S/C6H8BrF/c1-3-6(7)4-5(2)8/h4H,2-3H2,1H3/b6-4+. The van der Waals surface area contributed by atoms with Gasteiger partial charge in [0.05, 0.1) is 0 Å². The molecule has 0 aromatic carbocycles. The van der Waals surface area contributed by atoms with E-state index in [4.69, 9.17) is 0 Å². The quantitative estimate of drug-likeness (QED) is 0.571. The maximum Gasteiger partial charge on any atom is 0.116 e. The highest BCUT2D eigenvalue weighted by Gasteiger charge is 1.85. The normalized spacial score (nSPS) is 11.6. The fraction of sp³-hybridized carbons (Fsp3) is 0.333. The maximum absolute atomic E-state index is 11.8. The second-order valence-corrected chi connectivity index (χ2v) is 2.41. The highest BCUT2D eigenvalue weighted by molar-refractivity contribution is 9.11. The van der Waals surface area contributed by atoms with E-state index >= 15 is 0 Å². The number of allylic oxidation sites excluding steroid dienone is 3. The molecule has 0 aromatic heterocycles. The van der Waals surface area contributed by atoms with Gasteiger partial charge in [-0.05, 0) is 17.0 Å². The number of rotatable bonds is 2. The van der Waals surface area contributed by atoms with Crippen molar-refractivity contribution in [2.45, 2.75) is 13.3 Å². The van der Waals surface area contributed by atoms with E-state index in [1.807, 2.05) is 6.92 Å². The molecule has 0 radical (unpaired) electrons. The summed E-state index contributed by atoms with van der Waals surface area (Å²) in [6, 6.07) is 0. The summed E-state index contributed by atoms with van der Waals surface area (Å²) < 4.78 is 12.7. The van der Waals surface area contributed by atoms with Crippen molar-refractivity contribution in [2.75, 3.05) is 0 Å². The van der Waals surface area contributed by atoms with Gasteiger partial charge in [0.2, 0.25) is 0 Å². The van der Waals surface area contributed by atoms with E-state index in [9.17, 15) is 4.39 Å². The van der Waals surface area contributed by atoms with Crippen LogP contribution in [0.25, 0.3) is 0 Å². The van der Waals surface area contributed by atoms with Crippen molar-refractivity contribution in [1.29, 1.82) is 0 Å². The van der Waals surface area contributed by atoms with Gasteiger partial charge < -0.3 is 0 Å². The number of hydrogen-bond donors (Lipinski definition) is 0. The third-order valence-electron chi connectivity index (χ3n) is 0.651. The van der Waals surface area contributed by atoms with Crippen molar-refractivity contribution in [3.63, 3.8) is 0 Å². The average molecular weight is 179 g/mol. The molecular weight excluding hydrogens is 171 g/mol. The van der Waals surface area contributed by atoms with Gasteiger partial charge in [0.15, 0.2) is 0 Å². The molecule has 0 amide bonds. The molecule has 8 heavy (non-hydrogen) atoms. The van der Waals surface area contributed by atoms with Crippen molar-refractivity contribution in [3.05, 3.63) is 23.0 Å². The van der Waals surface area contributed by atoms with E-state index in [1.54, 1.807) is 0 Å². The zero-order valence-corrected chi connectivity index (χ0v) is 6.33. The molecule has 0 rings (SSSR count). The van der Waals surface area contributed by atoms with Gasteiger partial charge in [0.25, 0.3) is 0 Å². The third-order valence-corrected chi connectivity index (χ3v) is 1.44. The van der Waals surface area contributed by atoms with Crippen LogP contribution in [0, 0.1) is 0 Å². The molecule has 0 atom stereocenters. The molecule has 0 heterocycles. The summed E-state index contributed by atoms with van der Waals surface area (Å²) in [4.78, 5) is 0. The van der Waals surface area contributed by atoms with Crippen molar-refractivity contribution >= 4 is 15.9 Å². The Bertz CT molecular complexity index is 116. The smallest absolute Gasteiger partial charge is 0.116 e. The molecule has 2 heteroatoms.